The molecule has 0 spiro atoms. The van der Waals surface area contributed by atoms with Crippen LogP contribution in [0.2, 0.25) is 0 Å². The molecule has 3 aliphatic rings. The molecule has 9 heteroatoms. The lowest BCUT2D eigenvalue weighted by Gasteiger charge is -2.36. The second kappa shape index (κ2) is 14.1. The Morgan fingerprint density at radius 1 is 0.433 bits per heavy atom. The summed E-state index contributed by atoms with van der Waals surface area (Å²) in [4.78, 5) is 36.8. The molecule has 67 heavy (non-hydrogen) atoms. The van der Waals surface area contributed by atoms with Gasteiger partial charge < -0.3 is 9.13 Å². The average Bonchev–Trinajstić information content (AvgIpc) is 4.11. The molecule has 0 N–H and O–H groups in total. The van der Waals surface area contributed by atoms with Gasteiger partial charge >= 0.3 is 0 Å². The Morgan fingerprint density at radius 2 is 0.836 bits per heavy atom. The number of hydrogen-bond donors (Lipinski definition) is 0. The Morgan fingerprint density at radius 3 is 1.28 bits per heavy atom. The van der Waals surface area contributed by atoms with E-state index in [1.54, 1.807) is 0 Å². The van der Waals surface area contributed by atoms with E-state index in [-0.39, 0.29) is 5.41 Å². The first kappa shape index (κ1) is 39.1. The molecule has 8 aromatic heterocycles. The molecule has 3 aliphatic carbocycles. The predicted octanol–water partition coefficient (Wildman–Crippen LogP) is 9.72. The molecule has 0 saturated carbocycles. The van der Waals surface area contributed by atoms with Crippen LogP contribution in [0.25, 0.3) is 33.4 Å². The number of benzene rings is 2. The van der Waals surface area contributed by atoms with E-state index < -0.39 is 16.4 Å². The van der Waals surface area contributed by atoms with Gasteiger partial charge in [-0.2, -0.15) is 0 Å². The van der Waals surface area contributed by atoms with Gasteiger partial charge in [0, 0.05) is 82.3 Å². The summed E-state index contributed by atoms with van der Waals surface area (Å²) in [7, 11) is 1.99. The fraction of sp³-hybridized carbons (Fsp3) is 0.138. The number of hydrogen-bond acceptors (Lipinski definition) is 7. The Bertz CT molecular complexity index is 3500. The highest BCUT2D eigenvalue weighted by molar-refractivity contribution is 5.86. The fourth-order valence-corrected chi connectivity index (χ4v) is 11.5. The number of nitrogens with zero attached hydrogens (tertiary/aromatic N) is 9. The van der Waals surface area contributed by atoms with Crippen molar-refractivity contribution in [2.24, 2.45) is 7.05 Å². The van der Waals surface area contributed by atoms with Crippen molar-refractivity contribution in [3.05, 3.63) is 263 Å². The van der Waals surface area contributed by atoms with E-state index in [2.05, 4.69) is 135 Å². The molecule has 0 amide bonds. The maximum absolute atomic E-state index is 5.36. The zero-order valence-corrected chi connectivity index (χ0v) is 37.4. The highest BCUT2D eigenvalue weighted by atomic mass is 15.2. The van der Waals surface area contributed by atoms with Crippen molar-refractivity contribution in [2.45, 2.75) is 42.6 Å². The molecular formula is C58H43N9. The highest BCUT2D eigenvalue weighted by Crippen LogP contribution is 2.59. The molecule has 0 radical (unpaired) electrons. The van der Waals surface area contributed by atoms with Crippen LogP contribution in [0.1, 0.15) is 88.4 Å². The number of pyridine rings is 7. The van der Waals surface area contributed by atoms with E-state index in [9.17, 15) is 0 Å². The summed E-state index contributed by atoms with van der Waals surface area (Å²) in [6.45, 7) is 6.73. The van der Waals surface area contributed by atoms with Crippen molar-refractivity contribution in [1.29, 1.82) is 0 Å². The van der Waals surface area contributed by atoms with Crippen LogP contribution < -0.4 is 4.57 Å². The maximum atomic E-state index is 5.36. The van der Waals surface area contributed by atoms with Crippen molar-refractivity contribution in [2.75, 3.05) is 0 Å². The molecule has 2 aromatic carbocycles. The third-order valence-corrected chi connectivity index (χ3v) is 14.3. The van der Waals surface area contributed by atoms with Gasteiger partial charge in [-0.15, -0.1) is 0 Å². The zero-order valence-electron chi connectivity index (χ0n) is 37.4. The molecule has 0 atom stereocenters. The number of aromatic nitrogens is 9. The summed E-state index contributed by atoms with van der Waals surface area (Å²) in [5.41, 5.74) is 14.6. The molecule has 0 saturated heterocycles. The third-order valence-electron chi connectivity index (χ3n) is 14.3. The van der Waals surface area contributed by atoms with Gasteiger partial charge in [0.2, 0.25) is 6.33 Å². The summed E-state index contributed by atoms with van der Waals surface area (Å²) in [6.07, 6.45) is 21.0. The van der Waals surface area contributed by atoms with Crippen LogP contribution >= 0.6 is 0 Å². The summed E-state index contributed by atoms with van der Waals surface area (Å²) >= 11 is 0. The van der Waals surface area contributed by atoms with Gasteiger partial charge in [-0.25, -0.2) is 0 Å². The predicted molar refractivity (Wildman–Crippen MR) is 256 cm³/mol. The molecule has 13 rings (SSSR count). The summed E-state index contributed by atoms with van der Waals surface area (Å²) in [5.74, 6) is 0. The molecule has 320 valence electrons. The van der Waals surface area contributed by atoms with Crippen molar-refractivity contribution in [3.8, 4) is 33.4 Å². The first-order valence-corrected chi connectivity index (χ1v) is 22.7. The van der Waals surface area contributed by atoms with Gasteiger partial charge in [0.25, 0.3) is 0 Å². The molecule has 0 aliphatic heterocycles. The lowest BCUT2D eigenvalue weighted by Crippen LogP contribution is -2.39. The Labute approximate surface area is 388 Å². The van der Waals surface area contributed by atoms with Gasteiger partial charge in [0.1, 0.15) is 22.2 Å². The number of rotatable bonds is 6. The lowest BCUT2D eigenvalue weighted by molar-refractivity contribution is -0.675. The molecule has 0 unspecified atom stereocenters. The Kier molecular flexibility index (Phi) is 8.23. The fourth-order valence-electron chi connectivity index (χ4n) is 11.5. The number of aryl methyl sites for hydroxylation is 1. The summed E-state index contributed by atoms with van der Waals surface area (Å²) in [6, 6.07) is 47.3. The molecule has 0 bridgehead atoms. The van der Waals surface area contributed by atoms with Crippen LogP contribution in [-0.4, -0.2) is 39.5 Å². The second-order valence-electron chi connectivity index (χ2n) is 18.8. The minimum atomic E-state index is -0.996. The van der Waals surface area contributed by atoms with Gasteiger partial charge in [-0.05, 0) is 94.7 Å². The van der Waals surface area contributed by atoms with E-state index in [1.165, 1.54) is 5.56 Å². The Hall–Kier alpha value is -8.30. The molecular weight excluding hydrogens is 823 g/mol. The van der Waals surface area contributed by atoms with Crippen LogP contribution in [0.4, 0.5) is 0 Å². The Balaban J connectivity index is 1.13. The quantitative estimate of drug-likeness (QED) is 0.121. The van der Waals surface area contributed by atoms with Crippen molar-refractivity contribution < 1.29 is 4.57 Å². The van der Waals surface area contributed by atoms with E-state index in [0.717, 1.165) is 95.5 Å². The highest BCUT2D eigenvalue weighted by Gasteiger charge is 2.55. The molecule has 9 nitrogen and oxygen atoms in total. The van der Waals surface area contributed by atoms with E-state index in [1.807, 2.05) is 97.6 Å². The van der Waals surface area contributed by atoms with Crippen LogP contribution in [-0.2, 0) is 28.8 Å². The standard InChI is InChI=1S/C58H43N9/c1-55(2,3)37-23-30-59-48(35-37)57(51-44(19-9-26-62-51)45-20-10-27-63-52(45)57)40-15-5-13-38(33-40)56(49-42(17-7-24-60-49)43-18-8-25-61-50(43)56)39-14-6-16-41(34-39)58(67-32-31-66(4)36-67)53-46(21-11-28-64-53)47-22-12-29-65-54(47)58/h5-35H,1-4H3. The summed E-state index contributed by atoms with van der Waals surface area (Å²) in [5, 5.41) is 0. The van der Waals surface area contributed by atoms with Crippen LogP contribution in [0, 0.1) is 6.33 Å². The minimum absolute atomic E-state index is 0.137. The monoisotopic (exact) mass is 865 g/mol. The first-order valence-electron chi connectivity index (χ1n) is 22.7. The normalized spacial score (nSPS) is 15.2. The summed E-state index contributed by atoms with van der Waals surface area (Å²) < 4.78 is 4.08. The SMILES string of the molecule is C[n+]1[c-]n(C2(c3cccc(C4(c5cccc(C6(c7cc(C(C)(C)C)ccn7)c7ncccc7-c7cccnc76)c5)c5ncccc5-c5cccnc54)c3)c3ncccc3-c3cccnc32)cc1. The van der Waals surface area contributed by atoms with E-state index in [4.69, 9.17) is 34.9 Å². The third kappa shape index (κ3) is 5.14. The van der Waals surface area contributed by atoms with Gasteiger partial charge in [-0.1, -0.05) is 99.6 Å². The van der Waals surface area contributed by atoms with Crippen molar-refractivity contribution in [1.82, 2.24) is 39.5 Å². The topological polar surface area (TPSA) is 99.0 Å². The molecule has 8 heterocycles. The van der Waals surface area contributed by atoms with E-state index in [0.29, 0.717) is 0 Å². The minimum Gasteiger partial charge on any atom is -0.354 e. The van der Waals surface area contributed by atoms with Gasteiger partial charge in [0.05, 0.1) is 35.5 Å². The zero-order chi connectivity index (χ0) is 45.1. The largest absolute Gasteiger partial charge is 0.354 e. The number of fused-ring (bicyclic) bond motifs is 9. The molecule has 0 fully saturated rings. The van der Waals surface area contributed by atoms with Gasteiger partial charge in [-0.3, -0.25) is 34.9 Å². The lowest BCUT2D eigenvalue weighted by atomic mass is 9.67. The first-order chi connectivity index (χ1) is 32.8. The van der Waals surface area contributed by atoms with Crippen LogP contribution in [0.5, 0.6) is 0 Å². The van der Waals surface area contributed by atoms with Crippen molar-refractivity contribution in [3.63, 3.8) is 0 Å². The van der Waals surface area contributed by atoms with Crippen molar-refractivity contribution >= 4 is 0 Å². The maximum Gasteiger partial charge on any atom is 0.205 e. The second-order valence-corrected chi connectivity index (χ2v) is 18.8. The number of imidazole rings is 1. The molecule has 10 aromatic rings. The smallest absolute Gasteiger partial charge is 0.205 e. The van der Waals surface area contributed by atoms with Crippen LogP contribution in [0.3, 0.4) is 0 Å². The van der Waals surface area contributed by atoms with Crippen LogP contribution in [0.15, 0.2) is 189 Å². The average molecular weight is 866 g/mol. The van der Waals surface area contributed by atoms with E-state index >= 15 is 0 Å². The van der Waals surface area contributed by atoms with Gasteiger partial charge in [0.15, 0.2) is 5.54 Å².